The van der Waals surface area contributed by atoms with Gasteiger partial charge in [-0.15, -0.1) is 0 Å². The quantitative estimate of drug-likeness (QED) is 0.0297. The van der Waals surface area contributed by atoms with Crippen molar-refractivity contribution < 1.29 is 22.4 Å². The van der Waals surface area contributed by atoms with Crippen LogP contribution in [0.25, 0.3) is 53.9 Å². The second-order valence-electron chi connectivity index (χ2n) is 33.6. The lowest BCUT2D eigenvalue weighted by Crippen LogP contribution is -2.27. The zero-order valence-electron chi connectivity index (χ0n) is 73.3. The number of carbonyl (C=O) groups excluding carboxylic acids is 1. The van der Waals surface area contributed by atoms with Crippen LogP contribution in [0.2, 0.25) is 25.1 Å². The predicted octanol–water partition coefficient (Wildman–Crippen LogP) is 17.4. The van der Waals surface area contributed by atoms with Crippen molar-refractivity contribution in [3.05, 3.63) is 280 Å². The number of rotatable bonds is 21. The molecule has 1 amide bonds. The Labute approximate surface area is 796 Å². The molecule has 5 aliphatic carbocycles. The summed E-state index contributed by atoms with van der Waals surface area (Å²) in [6, 6.07) is 38.9. The van der Waals surface area contributed by atoms with Gasteiger partial charge < -0.3 is 89.6 Å². The first-order valence-electron chi connectivity index (χ1n) is 43.3. The molecule has 5 saturated carbocycles. The number of nitrogen functional groups attached to an aromatic ring is 6. The average Bonchev–Trinajstić information content (AvgIpc) is 1.32. The topological polar surface area (TPSA) is 522 Å². The van der Waals surface area contributed by atoms with Gasteiger partial charge in [-0.3, -0.25) is 28.8 Å². The molecule has 700 valence electrons. The van der Waals surface area contributed by atoms with Gasteiger partial charge in [0.1, 0.15) is 46.3 Å². The number of aromatic nitrogens is 15. The molecular weight excluding hydrogens is 1860 g/mol. The summed E-state index contributed by atoms with van der Waals surface area (Å²) < 4.78 is 62.8. The third-order valence-corrected chi connectivity index (χ3v) is 25.1. The number of amides is 1. The molecule has 20 rings (SSSR count). The highest BCUT2D eigenvalue weighted by Gasteiger charge is 2.39. The maximum absolute atomic E-state index is 14.0. The van der Waals surface area contributed by atoms with Gasteiger partial charge >= 0.3 is 6.18 Å². The van der Waals surface area contributed by atoms with Gasteiger partial charge in [0.2, 0.25) is 29.7 Å². The largest absolute Gasteiger partial charge is 0.421 e. The summed E-state index contributed by atoms with van der Waals surface area (Å²) in [6.07, 6.45) is 8.96. The molecule has 10 heterocycles. The summed E-state index contributed by atoms with van der Waals surface area (Å²) >= 11 is 31.3. The van der Waals surface area contributed by atoms with Crippen LogP contribution in [0.4, 0.5) is 82.2 Å². The molecule has 5 aromatic carbocycles. The lowest BCUT2D eigenvalue weighted by molar-refractivity contribution is -0.137. The molecule has 5 aliphatic rings. The first-order valence-corrected chi connectivity index (χ1v) is 45.1. The van der Waals surface area contributed by atoms with Crippen molar-refractivity contribution in [1.29, 1.82) is 5.26 Å². The number of alkyl halides is 3. The van der Waals surface area contributed by atoms with Crippen LogP contribution in [0.1, 0.15) is 209 Å². The van der Waals surface area contributed by atoms with Crippen LogP contribution in [0.15, 0.2) is 176 Å². The molecule has 0 bridgehead atoms. The number of nitrogens with two attached hydrogens (primary N) is 7. The first-order chi connectivity index (χ1) is 64.9. The van der Waals surface area contributed by atoms with Crippen LogP contribution in [-0.2, 0) is 6.18 Å². The van der Waals surface area contributed by atoms with Crippen molar-refractivity contribution in [3.8, 4) is 6.07 Å². The smallest absolute Gasteiger partial charge is 0.383 e. The molecule has 0 aliphatic heterocycles. The standard InChI is InChI=1S/C19H17ClF3N5O.C19H19ClN6O2.C19H17ClN6O.C18H17ClFN5O.C18H19ClN6O/c1-9(26-16-12(19(21,22)23)8-25-18(24)27-16)14-7-10-3-2-4-13(20)15(10)17(29)28(14)11-5-6-11;1-9(24-17-12(16(21)27)8-23-19(22)25-17)14-7-10-3-2-4-13(20)15(10)18(28)26(14)11-5-6-11;1-10(24-17-12(8-21)9-23-19(22)25-17)15-7-11-3-2-4-14(20)16(11)18(27)26(15)13-5-6-13;1-9(23-16-13(20)8-22-18(21)24-16)14-7-10-3-2-4-12(19)15(10)17(26)25(14)11-5-6-11;1-9(22-15-8-14(20)23-18(21)24-15)13-7-10-3-2-4-12(19)16(10)17(26)25(13)11-5-6-11/h2-4,7-9,11H,5-6H2,1H3,(H3,24,25,26,27);2-4,7-9,11H,5-6H2,1H3,(H2,21,27)(H3,22,23,24,25);2-4,7,9-10,13H,5-6H2,1H3,(H3,22,23,24,25);2-4,7-9,11H,5-6H2,1H3,(H3,21,22,23,24);2-4,7-9,11H,5-6H2,1H3,(H5,20,21,22,23,24)/t2*9-;10-;2*9-/m00000/s1. The molecule has 19 N–H and O–H groups in total. The van der Waals surface area contributed by atoms with E-state index in [1.54, 1.807) is 81.3 Å². The fourth-order valence-corrected chi connectivity index (χ4v) is 17.7. The summed E-state index contributed by atoms with van der Waals surface area (Å²) in [6.45, 7) is 9.29. The number of hydrogen-bond acceptors (Lipinski definition) is 28. The van der Waals surface area contributed by atoms with Gasteiger partial charge in [-0.05, 0) is 186 Å². The van der Waals surface area contributed by atoms with E-state index >= 15 is 0 Å². The minimum atomic E-state index is -4.65. The highest BCUT2D eigenvalue weighted by molar-refractivity contribution is 6.37. The third kappa shape index (κ3) is 20.4. The van der Waals surface area contributed by atoms with Crippen molar-refractivity contribution in [2.75, 3.05) is 61.0 Å². The van der Waals surface area contributed by atoms with Gasteiger partial charge in [-0.1, -0.05) is 119 Å². The summed E-state index contributed by atoms with van der Waals surface area (Å²) in [5.74, 6) is -0.418. The zero-order chi connectivity index (χ0) is 96.9. The number of nitrogens with zero attached hydrogens (tertiary/aromatic N) is 16. The second-order valence-corrected chi connectivity index (χ2v) is 35.7. The highest BCUT2D eigenvalue weighted by Crippen LogP contribution is 2.45. The molecule has 0 saturated heterocycles. The first kappa shape index (κ1) is 94.7. The number of primary amides is 1. The predicted molar refractivity (Wildman–Crippen MR) is 522 cm³/mol. The third-order valence-electron chi connectivity index (χ3n) is 23.5. The molecule has 10 aromatic heterocycles. The number of pyridine rings is 5. The molecule has 43 heteroatoms. The number of nitrogens with one attached hydrogen (secondary N) is 5. The maximum Gasteiger partial charge on any atom is 0.421 e. The normalized spacial score (nSPS) is 15.1. The maximum atomic E-state index is 14.0. The van der Waals surface area contributed by atoms with E-state index in [1.807, 2.05) is 110 Å². The van der Waals surface area contributed by atoms with Crippen molar-refractivity contribution in [3.63, 3.8) is 0 Å². The Morgan fingerprint density at radius 2 is 0.676 bits per heavy atom. The number of benzene rings is 5. The lowest BCUT2D eigenvalue weighted by Gasteiger charge is -2.23. The molecule has 136 heavy (non-hydrogen) atoms. The Morgan fingerprint density at radius 3 is 1.00 bits per heavy atom. The highest BCUT2D eigenvalue weighted by atomic mass is 35.5. The van der Waals surface area contributed by atoms with E-state index in [0.29, 0.717) is 86.5 Å². The number of carbonyl (C=O) groups is 1. The van der Waals surface area contributed by atoms with Gasteiger partial charge in [-0.2, -0.15) is 48.3 Å². The number of fused-ring (bicyclic) bond motifs is 5. The Hall–Kier alpha value is -14.5. The summed E-state index contributed by atoms with van der Waals surface area (Å²) in [4.78, 5) is 116. The van der Waals surface area contributed by atoms with Crippen LogP contribution in [0, 0.1) is 17.1 Å². The van der Waals surface area contributed by atoms with Crippen molar-refractivity contribution in [1.82, 2.24) is 72.7 Å². The number of anilines is 11. The van der Waals surface area contributed by atoms with E-state index in [2.05, 4.69) is 76.4 Å². The van der Waals surface area contributed by atoms with Gasteiger partial charge in [0.05, 0.1) is 100 Å². The minimum Gasteiger partial charge on any atom is -0.383 e. The SMILES string of the molecule is C[C@H](Nc1cc(N)nc(N)n1)c1cc2cccc(Cl)c2c(=O)n1C1CC1.C[C@H](Nc1nc(N)ncc1C#N)c1cc2cccc(Cl)c2c(=O)n1C1CC1.C[C@H](Nc1nc(N)ncc1C(F)(F)F)c1cc2cccc(Cl)c2c(=O)n1C1CC1.C[C@H](Nc1nc(N)ncc1C(N)=O)c1cc2cccc(Cl)c2c(=O)n1C1CC1.C[C@H](Nc1nc(N)ncc1F)c1cc2cccc(Cl)c2c(=O)n1C1CC1. The molecule has 5 atom stereocenters. The zero-order valence-corrected chi connectivity index (χ0v) is 77.1. The monoisotopic (exact) mass is 1940 g/mol. The van der Waals surface area contributed by atoms with E-state index in [4.69, 9.17) is 98.1 Å². The van der Waals surface area contributed by atoms with Crippen LogP contribution in [0.3, 0.4) is 0 Å². The van der Waals surface area contributed by atoms with Crippen molar-refractivity contribution >= 4 is 182 Å². The van der Waals surface area contributed by atoms with Gasteiger partial charge in [0, 0.05) is 77.1 Å². The summed E-state index contributed by atoms with van der Waals surface area (Å²) in [7, 11) is 0. The van der Waals surface area contributed by atoms with Gasteiger partial charge in [-0.25, -0.2) is 24.3 Å². The average molecular weight is 1950 g/mol. The van der Waals surface area contributed by atoms with Crippen molar-refractivity contribution in [2.45, 2.75) is 165 Å². The van der Waals surface area contributed by atoms with E-state index in [-0.39, 0.29) is 135 Å². The van der Waals surface area contributed by atoms with Crippen LogP contribution in [0.5, 0.6) is 0 Å². The molecule has 15 aromatic rings. The van der Waals surface area contributed by atoms with Crippen LogP contribution in [-0.4, -0.2) is 78.6 Å². The Bertz CT molecular complexity index is 7630. The fourth-order valence-electron chi connectivity index (χ4n) is 16.4. The lowest BCUT2D eigenvalue weighted by atomic mass is 10.1. The Balaban J connectivity index is 0.000000123. The second kappa shape index (κ2) is 38.8. The molecule has 34 nitrogen and oxygen atoms in total. The molecule has 5 fully saturated rings. The minimum absolute atomic E-state index is 0.0000204. The van der Waals surface area contributed by atoms with E-state index in [0.717, 1.165) is 115 Å². The Kier molecular flexibility index (Phi) is 27.0. The summed E-state index contributed by atoms with van der Waals surface area (Å²) in [5, 5.41) is 33.1. The molecule has 0 unspecified atom stereocenters. The molecule has 0 radical (unpaired) electrons. The van der Waals surface area contributed by atoms with E-state index < -0.39 is 35.3 Å². The van der Waals surface area contributed by atoms with E-state index in [9.17, 15) is 51.6 Å². The summed E-state index contributed by atoms with van der Waals surface area (Å²) in [5.41, 5.74) is 41.7. The number of nitriles is 1. The molecular formula is C93H89Cl5F4N28O6. The Morgan fingerprint density at radius 1 is 0.390 bits per heavy atom. The van der Waals surface area contributed by atoms with Gasteiger partial charge in [0.15, 0.2) is 11.6 Å². The van der Waals surface area contributed by atoms with Crippen LogP contribution < -0.4 is 94.5 Å². The number of halogens is 9. The fraction of sp³-hybridized carbons (Fsp3) is 0.280. The van der Waals surface area contributed by atoms with Gasteiger partial charge in [0.25, 0.3) is 33.7 Å². The van der Waals surface area contributed by atoms with E-state index in [1.165, 1.54) is 12.4 Å². The molecule has 0 spiro atoms. The van der Waals surface area contributed by atoms with Crippen LogP contribution >= 0.6 is 58.0 Å². The van der Waals surface area contributed by atoms with Crippen molar-refractivity contribution in [2.24, 2.45) is 5.73 Å². The number of hydrogen-bond donors (Lipinski definition) is 12.